The second kappa shape index (κ2) is 11.4. The molecule has 0 unspecified atom stereocenters. The van der Waals surface area contributed by atoms with E-state index in [4.69, 9.17) is 4.55 Å². The molecular formula is C16H24O3S. The van der Waals surface area contributed by atoms with Crippen molar-refractivity contribution in [1.82, 2.24) is 0 Å². The van der Waals surface area contributed by atoms with Crippen molar-refractivity contribution < 1.29 is 14.8 Å². The second-order valence-corrected chi connectivity index (χ2v) is 4.12. The standard InChI is InChI=1S/C14H16O2.C2H6.H2OS/c15-13-8-12(9-14(16)10-13)7-6-11-4-2-1-3-5-11;2*1-2/h2,4-5,8-10,15-16H,1,3,6-7H2;1-2H3;1-2H. The summed E-state index contributed by atoms with van der Waals surface area (Å²) in [5, 5.41) is 18.7. The van der Waals surface area contributed by atoms with Crippen LogP contribution in [0.5, 0.6) is 11.5 Å². The first-order valence-electron chi connectivity index (χ1n) is 6.81. The van der Waals surface area contributed by atoms with E-state index in [2.05, 4.69) is 31.1 Å². The number of hydrogen-bond acceptors (Lipinski definition) is 4. The van der Waals surface area contributed by atoms with Crippen LogP contribution in [-0.4, -0.2) is 14.8 Å². The Morgan fingerprint density at radius 3 is 2.05 bits per heavy atom. The Bertz CT molecular complexity index is 419. The number of phenols is 2. The number of benzene rings is 1. The van der Waals surface area contributed by atoms with Crippen molar-refractivity contribution in [2.24, 2.45) is 0 Å². The molecule has 1 aromatic carbocycles. The monoisotopic (exact) mass is 296 g/mol. The Hall–Kier alpha value is -1.39. The number of thiol groups is 1. The predicted molar refractivity (Wildman–Crippen MR) is 87.5 cm³/mol. The van der Waals surface area contributed by atoms with E-state index in [1.807, 2.05) is 13.8 Å². The third-order valence-electron chi connectivity index (χ3n) is 2.74. The van der Waals surface area contributed by atoms with Crippen LogP contribution in [0.2, 0.25) is 0 Å². The quantitative estimate of drug-likeness (QED) is 0.482. The van der Waals surface area contributed by atoms with Gasteiger partial charge in [0.25, 0.3) is 0 Å². The zero-order chi connectivity index (χ0) is 15.4. The number of hydrogen-bond donors (Lipinski definition) is 4. The number of aromatic hydroxyl groups is 2. The van der Waals surface area contributed by atoms with Gasteiger partial charge in [-0.3, -0.25) is 0 Å². The Morgan fingerprint density at radius 1 is 0.950 bits per heavy atom. The molecule has 0 bridgehead atoms. The van der Waals surface area contributed by atoms with Crippen molar-refractivity contribution >= 4 is 12.9 Å². The highest BCUT2D eigenvalue weighted by molar-refractivity contribution is 7.74. The average molecular weight is 296 g/mol. The lowest BCUT2D eigenvalue weighted by Crippen LogP contribution is -1.90. The van der Waals surface area contributed by atoms with Crippen molar-refractivity contribution in [3.8, 4) is 11.5 Å². The smallest absolute Gasteiger partial charge is 0.119 e. The van der Waals surface area contributed by atoms with Crippen LogP contribution in [0.3, 0.4) is 0 Å². The Labute approximate surface area is 126 Å². The van der Waals surface area contributed by atoms with Crippen molar-refractivity contribution in [2.45, 2.75) is 39.5 Å². The average Bonchev–Trinajstić information content (AvgIpc) is 2.49. The van der Waals surface area contributed by atoms with Crippen LogP contribution in [0.25, 0.3) is 0 Å². The molecule has 0 amide bonds. The van der Waals surface area contributed by atoms with Gasteiger partial charge < -0.3 is 14.8 Å². The van der Waals surface area contributed by atoms with Gasteiger partial charge in [-0.2, -0.15) is 0 Å². The second-order valence-electron chi connectivity index (χ2n) is 4.12. The molecule has 0 heterocycles. The largest absolute Gasteiger partial charge is 0.508 e. The van der Waals surface area contributed by atoms with Gasteiger partial charge in [0.2, 0.25) is 0 Å². The van der Waals surface area contributed by atoms with Crippen molar-refractivity contribution in [1.29, 1.82) is 0 Å². The van der Waals surface area contributed by atoms with Crippen molar-refractivity contribution in [2.75, 3.05) is 0 Å². The topological polar surface area (TPSA) is 60.7 Å². The van der Waals surface area contributed by atoms with Crippen molar-refractivity contribution in [3.05, 3.63) is 47.6 Å². The zero-order valence-electron chi connectivity index (χ0n) is 12.1. The minimum absolute atomic E-state index is 0.128. The van der Waals surface area contributed by atoms with Gasteiger partial charge in [-0.05, 0) is 56.3 Å². The third-order valence-corrected chi connectivity index (χ3v) is 2.74. The van der Waals surface area contributed by atoms with E-state index in [1.54, 1.807) is 12.1 Å². The highest BCUT2D eigenvalue weighted by atomic mass is 32.1. The number of rotatable bonds is 3. The predicted octanol–water partition coefficient (Wildman–Crippen LogP) is 4.72. The van der Waals surface area contributed by atoms with Crippen LogP contribution in [0.4, 0.5) is 0 Å². The number of aryl methyl sites for hydroxylation is 1. The van der Waals surface area contributed by atoms with Crippen LogP contribution in [0.15, 0.2) is 42.0 Å². The lowest BCUT2D eigenvalue weighted by molar-refractivity contribution is 0.449. The van der Waals surface area contributed by atoms with E-state index < -0.39 is 0 Å². The van der Waals surface area contributed by atoms with Crippen LogP contribution in [0.1, 0.15) is 38.7 Å². The maximum Gasteiger partial charge on any atom is 0.119 e. The molecule has 4 heteroatoms. The van der Waals surface area contributed by atoms with Crippen LogP contribution in [-0.2, 0) is 6.42 Å². The molecule has 0 radical (unpaired) electrons. The fourth-order valence-electron chi connectivity index (χ4n) is 1.94. The SMILES string of the molecule is CC.OS.Oc1cc(O)cc(CCC2=CCCC=C2)c1. The lowest BCUT2D eigenvalue weighted by atomic mass is 9.99. The molecule has 0 spiro atoms. The molecule has 1 aromatic rings. The summed E-state index contributed by atoms with van der Waals surface area (Å²) in [6.45, 7) is 4.00. The molecule has 3 N–H and O–H groups in total. The Balaban J connectivity index is 0.000000829. The number of phenolic OH excluding ortho intramolecular Hbond substituents is 2. The highest BCUT2D eigenvalue weighted by Gasteiger charge is 2.02. The summed E-state index contributed by atoms with van der Waals surface area (Å²) in [5.41, 5.74) is 2.31. The molecule has 1 aliphatic rings. The van der Waals surface area contributed by atoms with E-state index in [0.29, 0.717) is 0 Å². The maximum absolute atomic E-state index is 9.34. The summed E-state index contributed by atoms with van der Waals surface area (Å²) in [6.07, 6.45) is 10.7. The van der Waals surface area contributed by atoms with E-state index >= 15 is 0 Å². The van der Waals surface area contributed by atoms with Crippen molar-refractivity contribution in [3.63, 3.8) is 0 Å². The van der Waals surface area contributed by atoms with Crippen LogP contribution in [0, 0.1) is 0 Å². The summed E-state index contributed by atoms with van der Waals surface area (Å²) in [4.78, 5) is 0. The Morgan fingerprint density at radius 2 is 1.55 bits per heavy atom. The molecule has 1 aliphatic carbocycles. The van der Waals surface area contributed by atoms with Gasteiger partial charge in [0.1, 0.15) is 11.5 Å². The molecule has 20 heavy (non-hydrogen) atoms. The fraction of sp³-hybridized carbons (Fsp3) is 0.375. The zero-order valence-corrected chi connectivity index (χ0v) is 13.0. The van der Waals surface area contributed by atoms with E-state index in [-0.39, 0.29) is 11.5 Å². The first-order valence-corrected chi connectivity index (χ1v) is 7.21. The summed E-state index contributed by atoms with van der Waals surface area (Å²) in [5.74, 6) is 0.256. The van der Waals surface area contributed by atoms with Crippen LogP contribution < -0.4 is 0 Å². The van der Waals surface area contributed by atoms with Gasteiger partial charge in [0, 0.05) is 6.07 Å². The minimum atomic E-state index is 0.128. The van der Waals surface area contributed by atoms with E-state index in [0.717, 1.165) is 31.2 Å². The molecule has 0 aliphatic heterocycles. The minimum Gasteiger partial charge on any atom is -0.508 e. The molecule has 0 aromatic heterocycles. The highest BCUT2D eigenvalue weighted by Crippen LogP contribution is 2.23. The molecular weight excluding hydrogens is 272 g/mol. The first-order chi connectivity index (χ1) is 9.74. The van der Waals surface area contributed by atoms with Crippen LogP contribution >= 0.6 is 12.9 Å². The maximum atomic E-state index is 9.34. The van der Waals surface area contributed by atoms with Gasteiger partial charge in [-0.15, -0.1) is 0 Å². The first kappa shape index (κ1) is 18.6. The van der Waals surface area contributed by atoms with E-state index in [1.165, 1.54) is 11.6 Å². The van der Waals surface area contributed by atoms with Gasteiger partial charge in [-0.1, -0.05) is 37.6 Å². The summed E-state index contributed by atoms with van der Waals surface area (Å²) in [7, 11) is 0. The summed E-state index contributed by atoms with van der Waals surface area (Å²) < 4.78 is 6.69. The molecule has 0 saturated heterocycles. The molecule has 3 nitrogen and oxygen atoms in total. The summed E-state index contributed by atoms with van der Waals surface area (Å²) in [6, 6.07) is 4.75. The molecule has 0 fully saturated rings. The third kappa shape index (κ3) is 7.26. The van der Waals surface area contributed by atoms with Gasteiger partial charge in [-0.25, -0.2) is 0 Å². The summed E-state index contributed by atoms with van der Waals surface area (Å²) >= 11 is 2.53. The molecule has 0 saturated carbocycles. The molecule has 112 valence electrons. The fourth-order valence-corrected chi connectivity index (χ4v) is 1.94. The van der Waals surface area contributed by atoms with Gasteiger partial charge in [0.05, 0.1) is 0 Å². The number of allylic oxidation sites excluding steroid dienone is 4. The lowest BCUT2D eigenvalue weighted by Gasteiger charge is -2.07. The normalized spacial score (nSPS) is 12.5. The van der Waals surface area contributed by atoms with E-state index in [9.17, 15) is 10.2 Å². The van der Waals surface area contributed by atoms with Gasteiger partial charge >= 0.3 is 0 Å². The van der Waals surface area contributed by atoms with Gasteiger partial charge in [0.15, 0.2) is 0 Å². The Kier molecular flexibility index (Phi) is 10.6. The molecule has 0 atom stereocenters. The molecule has 2 rings (SSSR count).